The summed E-state index contributed by atoms with van der Waals surface area (Å²) in [5, 5.41) is 0. The summed E-state index contributed by atoms with van der Waals surface area (Å²) in [4.78, 5) is 7.05. The van der Waals surface area contributed by atoms with Crippen LogP contribution >= 0.6 is 0 Å². The van der Waals surface area contributed by atoms with E-state index in [1.807, 2.05) is 24.3 Å². The fraction of sp³-hybridized carbons (Fsp3) is 0.421. The van der Waals surface area contributed by atoms with Crippen molar-refractivity contribution in [2.45, 2.75) is 25.5 Å². The molecule has 0 radical (unpaired) electrons. The molecule has 0 spiro atoms. The molecule has 1 aromatic carbocycles. The van der Waals surface area contributed by atoms with E-state index in [2.05, 4.69) is 4.90 Å². The number of hydrogen-bond donors (Lipinski definition) is 0. The first kappa shape index (κ1) is 16.9. The lowest BCUT2D eigenvalue weighted by atomic mass is 10.1. The first-order valence-electron chi connectivity index (χ1n) is 8.24. The molecule has 5 heteroatoms. The van der Waals surface area contributed by atoms with Crippen molar-refractivity contribution in [1.82, 2.24) is 9.88 Å². The van der Waals surface area contributed by atoms with Gasteiger partial charge in [-0.2, -0.15) is 0 Å². The topological polar surface area (TPSA) is 34.6 Å². The Labute approximate surface area is 142 Å². The largest absolute Gasteiger partial charge is 0.494 e. The Kier molecular flexibility index (Phi) is 5.43. The van der Waals surface area contributed by atoms with E-state index in [4.69, 9.17) is 14.5 Å². The highest BCUT2D eigenvalue weighted by molar-refractivity contribution is 5.60. The van der Waals surface area contributed by atoms with Crippen molar-refractivity contribution < 1.29 is 13.9 Å². The van der Waals surface area contributed by atoms with Gasteiger partial charge in [-0.15, -0.1) is 0 Å². The molecule has 0 amide bonds. The predicted octanol–water partition coefficient (Wildman–Crippen LogP) is 3.51. The Morgan fingerprint density at radius 3 is 2.88 bits per heavy atom. The van der Waals surface area contributed by atoms with Gasteiger partial charge in [0.15, 0.2) is 11.6 Å². The van der Waals surface area contributed by atoms with Crippen LogP contribution in [0.3, 0.4) is 0 Å². The first-order chi connectivity index (χ1) is 11.7. The maximum atomic E-state index is 13.9. The fourth-order valence-electron chi connectivity index (χ4n) is 3.13. The number of nitrogens with zero attached hydrogens (tertiary/aromatic N) is 2. The summed E-state index contributed by atoms with van der Waals surface area (Å²) in [5.74, 6) is -0.130. The Morgan fingerprint density at radius 2 is 2.12 bits per heavy atom. The zero-order chi connectivity index (χ0) is 16.9. The van der Waals surface area contributed by atoms with E-state index in [1.165, 1.54) is 13.2 Å². The van der Waals surface area contributed by atoms with Crippen molar-refractivity contribution in [3.8, 4) is 17.0 Å². The smallest absolute Gasteiger partial charge is 0.165 e. The van der Waals surface area contributed by atoms with Crippen LogP contribution in [-0.2, 0) is 11.3 Å². The molecule has 1 fully saturated rings. The van der Waals surface area contributed by atoms with Gasteiger partial charge >= 0.3 is 0 Å². The highest BCUT2D eigenvalue weighted by atomic mass is 19.1. The lowest BCUT2D eigenvalue weighted by Crippen LogP contribution is -2.38. The molecule has 1 aromatic heterocycles. The minimum absolute atomic E-state index is 0.244. The maximum absolute atomic E-state index is 13.9. The molecule has 2 aromatic rings. The molecule has 3 rings (SSSR count). The van der Waals surface area contributed by atoms with Crippen LogP contribution in [0.25, 0.3) is 11.3 Å². The number of likely N-dealkylation sites (tertiary alicyclic amines) is 1. The quantitative estimate of drug-likeness (QED) is 0.840. The number of piperidine rings is 1. The number of hydrogen-bond acceptors (Lipinski definition) is 4. The van der Waals surface area contributed by atoms with Crippen molar-refractivity contribution in [3.05, 3.63) is 47.9 Å². The number of aromatic nitrogens is 1. The second-order valence-corrected chi connectivity index (χ2v) is 6.10. The van der Waals surface area contributed by atoms with Gasteiger partial charge in [0.2, 0.25) is 0 Å². The average molecular weight is 330 g/mol. The molecule has 1 aliphatic heterocycles. The second kappa shape index (κ2) is 7.73. The molecule has 1 aliphatic rings. The lowest BCUT2D eigenvalue weighted by Gasteiger charge is -2.31. The van der Waals surface area contributed by atoms with Crippen molar-refractivity contribution in [2.24, 2.45) is 0 Å². The SMILES string of the molecule is COc1ccc(-c2cccc(CN3CCCC(OC)C3)n2)cc1F. The van der Waals surface area contributed by atoms with Crippen LogP contribution in [0.5, 0.6) is 5.75 Å². The van der Waals surface area contributed by atoms with E-state index in [0.717, 1.165) is 49.4 Å². The third-order valence-electron chi connectivity index (χ3n) is 4.44. The molecule has 0 bridgehead atoms. The Morgan fingerprint density at radius 1 is 1.25 bits per heavy atom. The summed E-state index contributed by atoms with van der Waals surface area (Å²) >= 11 is 0. The van der Waals surface area contributed by atoms with Crippen LogP contribution in [0, 0.1) is 5.82 Å². The summed E-state index contributed by atoms with van der Waals surface area (Å²) in [7, 11) is 3.23. The number of ether oxygens (including phenoxy) is 2. The second-order valence-electron chi connectivity index (χ2n) is 6.10. The van der Waals surface area contributed by atoms with E-state index in [9.17, 15) is 4.39 Å². The van der Waals surface area contributed by atoms with Gasteiger partial charge in [0, 0.05) is 25.8 Å². The molecule has 1 unspecified atom stereocenters. The minimum atomic E-state index is -0.374. The maximum Gasteiger partial charge on any atom is 0.165 e. The molecule has 1 saturated heterocycles. The van der Waals surface area contributed by atoms with Crippen LogP contribution in [0.1, 0.15) is 18.5 Å². The number of benzene rings is 1. The summed E-state index contributed by atoms with van der Waals surface area (Å²) in [6.45, 7) is 2.77. The summed E-state index contributed by atoms with van der Waals surface area (Å²) in [6, 6.07) is 10.8. The van der Waals surface area contributed by atoms with Crippen LogP contribution in [0.4, 0.5) is 4.39 Å². The lowest BCUT2D eigenvalue weighted by molar-refractivity contribution is 0.0281. The van der Waals surface area contributed by atoms with E-state index in [1.54, 1.807) is 13.2 Å². The summed E-state index contributed by atoms with van der Waals surface area (Å²) < 4.78 is 24.4. The third kappa shape index (κ3) is 3.91. The van der Waals surface area contributed by atoms with E-state index in [-0.39, 0.29) is 11.6 Å². The number of pyridine rings is 1. The number of halogens is 1. The van der Waals surface area contributed by atoms with Gasteiger partial charge in [-0.25, -0.2) is 4.39 Å². The molecule has 4 nitrogen and oxygen atoms in total. The van der Waals surface area contributed by atoms with E-state index in [0.29, 0.717) is 6.10 Å². The number of methoxy groups -OCH3 is 2. The van der Waals surface area contributed by atoms with Crippen LogP contribution in [-0.4, -0.2) is 43.3 Å². The first-order valence-corrected chi connectivity index (χ1v) is 8.24. The van der Waals surface area contributed by atoms with Gasteiger partial charge in [0.05, 0.1) is 24.6 Å². The van der Waals surface area contributed by atoms with Gasteiger partial charge in [-0.05, 0) is 49.7 Å². The van der Waals surface area contributed by atoms with Gasteiger partial charge in [-0.1, -0.05) is 6.07 Å². The number of rotatable bonds is 5. The van der Waals surface area contributed by atoms with E-state index < -0.39 is 0 Å². The third-order valence-corrected chi connectivity index (χ3v) is 4.44. The molecular weight excluding hydrogens is 307 g/mol. The highest BCUT2D eigenvalue weighted by Gasteiger charge is 2.19. The van der Waals surface area contributed by atoms with Crippen LogP contribution in [0.2, 0.25) is 0 Å². The molecule has 2 heterocycles. The van der Waals surface area contributed by atoms with Gasteiger partial charge in [0.25, 0.3) is 0 Å². The van der Waals surface area contributed by atoms with Crippen LogP contribution < -0.4 is 4.74 Å². The van der Waals surface area contributed by atoms with Crippen molar-refractivity contribution in [2.75, 3.05) is 27.3 Å². The monoisotopic (exact) mass is 330 g/mol. The fourth-order valence-corrected chi connectivity index (χ4v) is 3.13. The normalized spacial score (nSPS) is 18.5. The molecule has 0 N–H and O–H groups in total. The van der Waals surface area contributed by atoms with Gasteiger partial charge in [-0.3, -0.25) is 9.88 Å². The summed E-state index contributed by atoms with van der Waals surface area (Å²) in [5.41, 5.74) is 2.51. The molecule has 0 aliphatic carbocycles. The van der Waals surface area contributed by atoms with Crippen molar-refractivity contribution in [1.29, 1.82) is 0 Å². The Hall–Kier alpha value is -1.98. The average Bonchev–Trinajstić information content (AvgIpc) is 2.62. The summed E-state index contributed by atoms with van der Waals surface area (Å²) in [6.07, 6.45) is 2.56. The van der Waals surface area contributed by atoms with Crippen molar-refractivity contribution in [3.63, 3.8) is 0 Å². The standard InChI is InChI=1S/C19H23FN2O2/c1-23-16-6-4-10-22(13-16)12-15-5-3-7-18(21-15)14-8-9-19(24-2)17(20)11-14/h3,5,7-9,11,16H,4,6,10,12-13H2,1-2H3. The Balaban J connectivity index is 1.75. The highest BCUT2D eigenvalue weighted by Crippen LogP contribution is 2.25. The molecule has 128 valence electrons. The zero-order valence-electron chi connectivity index (χ0n) is 14.2. The van der Waals surface area contributed by atoms with E-state index >= 15 is 0 Å². The van der Waals surface area contributed by atoms with Crippen LogP contribution in [0.15, 0.2) is 36.4 Å². The Bertz CT molecular complexity index is 693. The van der Waals surface area contributed by atoms with Crippen molar-refractivity contribution >= 4 is 0 Å². The molecule has 24 heavy (non-hydrogen) atoms. The molecule has 1 atom stereocenters. The minimum Gasteiger partial charge on any atom is -0.494 e. The van der Waals surface area contributed by atoms with Gasteiger partial charge in [0.1, 0.15) is 0 Å². The predicted molar refractivity (Wildman–Crippen MR) is 91.5 cm³/mol. The molecule has 0 saturated carbocycles. The molecular formula is C19H23FN2O2. The zero-order valence-corrected chi connectivity index (χ0v) is 14.2. The van der Waals surface area contributed by atoms with Gasteiger partial charge < -0.3 is 9.47 Å².